The first-order valence-electron chi connectivity index (χ1n) is 5.58. The Hall–Kier alpha value is -2.43. The van der Waals surface area contributed by atoms with E-state index in [-0.39, 0.29) is 12.0 Å². The van der Waals surface area contributed by atoms with E-state index in [2.05, 4.69) is 20.6 Å². The van der Waals surface area contributed by atoms with Crippen molar-refractivity contribution in [3.05, 3.63) is 47.8 Å². The fourth-order valence-corrected chi connectivity index (χ4v) is 1.51. The Kier molecular flexibility index (Phi) is 3.52. The highest BCUT2D eigenvalue weighted by Gasteiger charge is 2.06. The summed E-state index contributed by atoms with van der Waals surface area (Å²) < 4.78 is 0. The van der Waals surface area contributed by atoms with Crippen molar-refractivity contribution in [3.63, 3.8) is 0 Å². The molecule has 1 aromatic heterocycles. The van der Waals surface area contributed by atoms with Crippen LogP contribution in [0.15, 0.2) is 36.7 Å². The summed E-state index contributed by atoms with van der Waals surface area (Å²) in [5.41, 5.74) is 2.95. The molecule has 2 amide bonds. The third-order valence-electron chi connectivity index (χ3n) is 2.64. The van der Waals surface area contributed by atoms with Gasteiger partial charge >= 0.3 is 6.03 Å². The van der Waals surface area contributed by atoms with Crippen molar-refractivity contribution in [2.45, 2.75) is 13.8 Å². The van der Waals surface area contributed by atoms with Gasteiger partial charge in [-0.25, -0.2) is 14.8 Å². The molecule has 0 saturated carbocycles. The summed E-state index contributed by atoms with van der Waals surface area (Å²) in [6, 6.07) is 7.09. The van der Waals surface area contributed by atoms with Gasteiger partial charge in [-0.05, 0) is 37.1 Å². The summed E-state index contributed by atoms with van der Waals surface area (Å²) in [5.74, 6) is 0.278. The van der Waals surface area contributed by atoms with Crippen LogP contribution in [0.3, 0.4) is 0 Å². The number of amides is 2. The zero-order valence-corrected chi connectivity index (χ0v) is 10.3. The lowest BCUT2D eigenvalue weighted by atomic mass is 10.1. The van der Waals surface area contributed by atoms with Crippen molar-refractivity contribution in [2.24, 2.45) is 0 Å². The zero-order valence-electron chi connectivity index (χ0n) is 10.3. The van der Waals surface area contributed by atoms with E-state index in [0.717, 1.165) is 16.8 Å². The van der Waals surface area contributed by atoms with Crippen LogP contribution in [0.2, 0.25) is 0 Å². The second-order valence-corrected chi connectivity index (χ2v) is 3.90. The van der Waals surface area contributed by atoms with Gasteiger partial charge in [-0.1, -0.05) is 12.1 Å². The van der Waals surface area contributed by atoms with E-state index >= 15 is 0 Å². The maximum Gasteiger partial charge on any atom is 0.326 e. The Balaban J connectivity index is 2.06. The molecule has 0 aliphatic heterocycles. The van der Waals surface area contributed by atoms with Crippen LogP contribution in [0.25, 0.3) is 0 Å². The number of anilines is 2. The van der Waals surface area contributed by atoms with Crippen molar-refractivity contribution in [2.75, 3.05) is 10.6 Å². The normalized spacial score (nSPS) is 9.89. The van der Waals surface area contributed by atoms with E-state index in [1.165, 1.54) is 0 Å². The number of carbonyl (C=O) groups excluding carboxylic acids is 1. The van der Waals surface area contributed by atoms with Gasteiger partial charge in [0.25, 0.3) is 0 Å². The van der Waals surface area contributed by atoms with Gasteiger partial charge in [-0.2, -0.15) is 0 Å². The zero-order chi connectivity index (χ0) is 13.0. The number of aryl methyl sites for hydroxylation is 1. The SMILES string of the molecule is Cc1cccc(NC(=O)Nc2ncccn2)c1C. The Morgan fingerprint density at radius 1 is 1.06 bits per heavy atom. The molecule has 18 heavy (non-hydrogen) atoms. The van der Waals surface area contributed by atoms with E-state index < -0.39 is 0 Å². The molecule has 2 aromatic rings. The number of hydrogen-bond acceptors (Lipinski definition) is 3. The molecule has 0 aliphatic rings. The van der Waals surface area contributed by atoms with E-state index in [1.54, 1.807) is 18.5 Å². The lowest BCUT2D eigenvalue weighted by Gasteiger charge is -2.10. The Morgan fingerprint density at radius 3 is 2.50 bits per heavy atom. The molecule has 92 valence electrons. The third-order valence-corrected chi connectivity index (χ3v) is 2.64. The molecule has 0 unspecified atom stereocenters. The molecule has 0 saturated heterocycles. The van der Waals surface area contributed by atoms with Crippen LogP contribution < -0.4 is 10.6 Å². The highest BCUT2D eigenvalue weighted by Crippen LogP contribution is 2.17. The van der Waals surface area contributed by atoms with Crippen molar-refractivity contribution < 1.29 is 4.79 Å². The summed E-state index contributed by atoms with van der Waals surface area (Å²) in [5, 5.41) is 5.33. The van der Waals surface area contributed by atoms with E-state index in [4.69, 9.17) is 0 Å². The van der Waals surface area contributed by atoms with Gasteiger partial charge in [0.1, 0.15) is 0 Å². The van der Waals surface area contributed by atoms with Crippen molar-refractivity contribution in [1.29, 1.82) is 0 Å². The molecule has 5 nitrogen and oxygen atoms in total. The summed E-state index contributed by atoms with van der Waals surface area (Å²) in [7, 11) is 0. The second kappa shape index (κ2) is 5.27. The minimum Gasteiger partial charge on any atom is -0.307 e. The van der Waals surface area contributed by atoms with Gasteiger partial charge in [0.2, 0.25) is 5.95 Å². The minimum absolute atomic E-state index is 0.278. The van der Waals surface area contributed by atoms with E-state index in [1.807, 2.05) is 32.0 Å². The first-order valence-corrected chi connectivity index (χ1v) is 5.58. The van der Waals surface area contributed by atoms with E-state index in [9.17, 15) is 4.79 Å². The second-order valence-electron chi connectivity index (χ2n) is 3.90. The first kappa shape index (κ1) is 12.0. The van der Waals surface area contributed by atoms with Crippen LogP contribution >= 0.6 is 0 Å². The summed E-state index contributed by atoms with van der Waals surface area (Å²) >= 11 is 0. The van der Waals surface area contributed by atoms with Crippen LogP contribution in [0.5, 0.6) is 0 Å². The van der Waals surface area contributed by atoms with Crippen LogP contribution in [0.1, 0.15) is 11.1 Å². The molecule has 1 aromatic carbocycles. The quantitative estimate of drug-likeness (QED) is 0.850. The molecular weight excluding hydrogens is 228 g/mol. The Labute approximate surface area is 105 Å². The number of nitrogens with one attached hydrogen (secondary N) is 2. The lowest BCUT2D eigenvalue weighted by Crippen LogP contribution is -2.21. The van der Waals surface area contributed by atoms with Gasteiger partial charge < -0.3 is 5.32 Å². The fraction of sp³-hybridized carbons (Fsp3) is 0.154. The number of carbonyl (C=O) groups is 1. The Bertz CT molecular complexity index is 554. The molecule has 0 spiro atoms. The number of benzene rings is 1. The van der Waals surface area contributed by atoms with Gasteiger partial charge in [0, 0.05) is 18.1 Å². The first-order chi connectivity index (χ1) is 8.66. The van der Waals surface area contributed by atoms with Crippen molar-refractivity contribution >= 4 is 17.7 Å². The number of aromatic nitrogens is 2. The monoisotopic (exact) mass is 242 g/mol. The largest absolute Gasteiger partial charge is 0.326 e. The molecule has 0 fully saturated rings. The molecular formula is C13H14N4O. The molecule has 5 heteroatoms. The van der Waals surface area contributed by atoms with Crippen LogP contribution in [-0.4, -0.2) is 16.0 Å². The maximum atomic E-state index is 11.7. The predicted octanol–water partition coefficient (Wildman–Crippen LogP) is 2.74. The topological polar surface area (TPSA) is 66.9 Å². The summed E-state index contributed by atoms with van der Waals surface area (Å²) in [6.07, 6.45) is 3.14. The van der Waals surface area contributed by atoms with Crippen LogP contribution in [0, 0.1) is 13.8 Å². The summed E-state index contributed by atoms with van der Waals surface area (Å²) in [4.78, 5) is 19.6. The maximum absolute atomic E-state index is 11.7. The average molecular weight is 242 g/mol. The van der Waals surface area contributed by atoms with Crippen LogP contribution in [0.4, 0.5) is 16.4 Å². The van der Waals surface area contributed by atoms with E-state index in [0.29, 0.717) is 0 Å². The van der Waals surface area contributed by atoms with Gasteiger partial charge in [0.05, 0.1) is 0 Å². The molecule has 0 atom stereocenters. The van der Waals surface area contributed by atoms with Crippen molar-refractivity contribution in [1.82, 2.24) is 9.97 Å². The minimum atomic E-state index is -0.352. The van der Waals surface area contributed by atoms with Gasteiger partial charge in [-0.15, -0.1) is 0 Å². The number of nitrogens with zero attached hydrogens (tertiary/aromatic N) is 2. The highest BCUT2D eigenvalue weighted by atomic mass is 16.2. The fourth-order valence-electron chi connectivity index (χ4n) is 1.51. The lowest BCUT2D eigenvalue weighted by molar-refractivity contribution is 0.262. The smallest absolute Gasteiger partial charge is 0.307 e. The molecule has 2 N–H and O–H groups in total. The average Bonchev–Trinajstić information content (AvgIpc) is 2.36. The standard InChI is InChI=1S/C13H14N4O/c1-9-5-3-6-11(10(9)2)16-13(18)17-12-14-7-4-8-15-12/h3-8H,1-2H3,(H2,14,15,16,17,18). The van der Waals surface area contributed by atoms with Crippen molar-refractivity contribution in [3.8, 4) is 0 Å². The molecule has 0 radical (unpaired) electrons. The number of urea groups is 1. The van der Waals surface area contributed by atoms with Gasteiger partial charge in [-0.3, -0.25) is 5.32 Å². The third kappa shape index (κ3) is 2.82. The predicted molar refractivity (Wildman–Crippen MR) is 70.6 cm³/mol. The number of hydrogen-bond donors (Lipinski definition) is 2. The molecule has 1 heterocycles. The highest BCUT2D eigenvalue weighted by molar-refractivity contribution is 5.99. The van der Waals surface area contributed by atoms with Gasteiger partial charge in [0.15, 0.2) is 0 Å². The summed E-state index contributed by atoms with van der Waals surface area (Å²) in [6.45, 7) is 3.96. The van der Waals surface area contributed by atoms with Crippen LogP contribution in [-0.2, 0) is 0 Å². The number of rotatable bonds is 2. The Morgan fingerprint density at radius 2 is 1.78 bits per heavy atom. The molecule has 2 rings (SSSR count). The molecule has 0 aliphatic carbocycles. The molecule has 0 bridgehead atoms.